The van der Waals surface area contributed by atoms with Crippen molar-refractivity contribution in [1.29, 1.82) is 0 Å². The van der Waals surface area contributed by atoms with Crippen molar-refractivity contribution < 1.29 is 9.66 Å². The van der Waals surface area contributed by atoms with Crippen LogP contribution in [0.1, 0.15) is 0 Å². The Bertz CT molecular complexity index is 1060. The van der Waals surface area contributed by atoms with E-state index in [4.69, 9.17) is 4.74 Å². The number of fused-ring (bicyclic) bond motifs is 1. The van der Waals surface area contributed by atoms with Gasteiger partial charge in [-0.05, 0) is 36.4 Å². The molecule has 0 aliphatic carbocycles. The van der Waals surface area contributed by atoms with Gasteiger partial charge in [-0.15, -0.1) is 5.10 Å². The molecule has 8 nitrogen and oxygen atoms in total. The lowest BCUT2D eigenvalue weighted by molar-refractivity contribution is -0.383. The lowest BCUT2D eigenvalue weighted by Gasteiger charge is -2.09. The Labute approximate surface area is 141 Å². The zero-order chi connectivity index (χ0) is 17.2. The number of hydrogen-bond donors (Lipinski definition) is 0. The van der Waals surface area contributed by atoms with Gasteiger partial charge in [0.2, 0.25) is 5.75 Å². The highest BCUT2D eigenvalue weighted by atomic mass is 16.6. The molecule has 2 heterocycles. The molecule has 4 rings (SSSR count). The zero-order valence-electron chi connectivity index (χ0n) is 12.8. The number of aromatic nitrogens is 4. The first kappa shape index (κ1) is 14.8. The Kier molecular flexibility index (Phi) is 3.55. The molecule has 0 aliphatic heterocycles. The molecule has 8 heteroatoms. The van der Waals surface area contributed by atoms with Gasteiger partial charge in [0.15, 0.2) is 0 Å². The van der Waals surface area contributed by atoms with Crippen LogP contribution < -0.4 is 4.74 Å². The fourth-order valence-electron chi connectivity index (χ4n) is 2.55. The van der Waals surface area contributed by atoms with Crippen LogP contribution in [0.3, 0.4) is 0 Å². The van der Waals surface area contributed by atoms with Crippen LogP contribution in [0.5, 0.6) is 11.5 Å². The minimum atomic E-state index is -0.458. The summed E-state index contributed by atoms with van der Waals surface area (Å²) in [5.74, 6) is 0.612. The second kappa shape index (κ2) is 6.00. The minimum Gasteiger partial charge on any atom is -0.450 e. The summed E-state index contributed by atoms with van der Waals surface area (Å²) in [5, 5.41) is 19.7. The molecule has 0 N–H and O–H groups in total. The fourth-order valence-corrected chi connectivity index (χ4v) is 2.55. The molecule has 122 valence electrons. The maximum absolute atomic E-state index is 11.6. The summed E-state index contributed by atoms with van der Waals surface area (Å²) in [6.45, 7) is 0. The Balaban J connectivity index is 1.77. The second-order valence-electron chi connectivity index (χ2n) is 5.19. The number of pyridine rings is 1. The van der Waals surface area contributed by atoms with Crippen molar-refractivity contribution in [1.82, 2.24) is 20.0 Å². The summed E-state index contributed by atoms with van der Waals surface area (Å²) in [7, 11) is 0. The molecule has 0 saturated carbocycles. The normalized spacial score (nSPS) is 10.7. The van der Waals surface area contributed by atoms with Crippen LogP contribution in [-0.4, -0.2) is 24.9 Å². The largest absolute Gasteiger partial charge is 0.450 e. The van der Waals surface area contributed by atoms with Crippen LogP contribution in [0.15, 0.2) is 67.1 Å². The van der Waals surface area contributed by atoms with Gasteiger partial charge in [-0.1, -0.05) is 11.3 Å². The quantitative estimate of drug-likeness (QED) is 0.419. The first-order valence-corrected chi connectivity index (χ1v) is 7.39. The molecule has 0 bridgehead atoms. The van der Waals surface area contributed by atoms with E-state index in [0.717, 1.165) is 5.69 Å². The second-order valence-corrected chi connectivity index (χ2v) is 5.19. The average molecular weight is 333 g/mol. The third-order valence-electron chi connectivity index (χ3n) is 3.63. The topological polar surface area (TPSA) is 96.0 Å². The van der Waals surface area contributed by atoms with Gasteiger partial charge in [-0.2, -0.15) is 0 Å². The third-order valence-corrected chi connectivity index (χ3v) is 3.63. The monoisotopic (exact) mass is 333 g/mol. The highest BCUT2D eigenvalue weighted by Gasteiger charge is 2.21. The average Bonchev–Trinajstić information content (AvgIpc) is 3.16. The number of ether oxygens (including phenoxy) is 1. The van der Waals surface area contributed by atoms with Crippen LogP contribution in [0.4, 0.5) is 5.69 Å². The Morgan fingerprint density at radius 3 is 2.80 bits per heavy atom. The number of nitrogens with zero attached hydrogens (tertiary/aromatic N) is 5. The van der Waals surface area contributed by atoms with Gasteiger partial charge in [0.25, 0.3) is 0 Å². The summed E-state index contributed by atoms with van der Waals surface area (Å²) in [6, 6.07) is 13.6. The van der Waals surface area contributed by atoms with Gasteiger partial charge in [0.05, 0.1) is 33.9 Å². The van der Waals surface area contributed by atoms with Crippen LogP contribution in [0.25, 0.3) is 16.6 Å². The van der Waals surface area contributed by atoms with Crippen molar-refractivity contribution >= 4 is 16.6 Å². The van der Waals surface area contributed by atoms with Crippen molar-refractivity contribution in [2.45, 2.75) is 0 Å². The molecule has 0 saturated heterocycles. The molecule has 0 amide bonds. The predicted octanol–water partition coefficient (Wildman–Crippen LogP) is 3.52. The van der Waals surface area contributed by atoms with Gasteiger partial charge in [0, 0.05) is 12.3 Å². The lowest BCUT2D eigenvalue weighted by Crippen LogP contribution is -1.97. The highest BCUT2D eigenvalue weighted by molar-refractivity contribution is 5.90. The fraction of sp³-hybridized carbons (Fsp3) is 0. The summed E-state index contributed by atoms with van der Waals surface area (Å²) in [6.07, 6.45) is 4.85. The standard InChI is InChI=1S/C17H11N5O3/c23-22(24)17-14-5-2-8-18-15(14)6-7-16(17)25-13-4-1-3-12(11-13)21-10-9-19-20-21/h1-11H. The first-order valence-electron chi connectivity index (χ1n) is 7.39. The van der Waals surface area contributed by atoms with Crippen molar-refractivity contribution in [2.75, 3.05) is 0 Å². The van der Waals surface area contributed by atoms with Crippen molar-refractivity contribution in [3.8, 4) is 17.2 Å². The van der Waals surface area contributed by atoms with Gasteiger partial charge in [-0.25, -0.2) is 4.68 Å². The number of nitro groups is 1. The van der Waals surface area contributed by atoms with E-state index in [0.29, 0.717) is 16.7 Å². The van der Waals surface area contributed by atoms with Crippen molar-refractivity contribution in [3.63, 3.8) is 0 Å². The summed E-state index contributed by atoms with van der Waals surface area (Å²) >= 11 is 0. The number of hydrogen-bond acceptors (Lipinski definition) is 6. The number of nitro benzene ring substituents is 1. The van der Waals surface area contributed by atoms with Crippen LogP contribution in [0.2, 0.25) is 0 Å². The molecule has 4 aromatic rings. The highest BCUT2D eigenvalue weighted by Crippen LogP contribution is 2.37. The number of benzene rings is 2. The maximum atomic E-state index is 11.6. The van der Waals surface area contributed by atoms with Crippen LogP contribution in [-0.2, 0) is 0 Å². The van der Waals surface area contributed by atoms with E-state index in [9.17, 15) is 10.1 Å². The van der Waals surface area contributed by atoms with Crippen LogP contribution in [0, 0.1) is 10.1 Å². The van der Waals surface area contributed by atoms with E-state index in [1.54, 1.807) is 65.7 Å². The van der Waals surface area contributed by atoms with E-state index in [1.165, 1.54) is 0 Å². The predicted molar refractivity (Wildman–Crippen MR) is 89.8 cm³/mol. The Hall–Kier alpha value is -3.81. The van der Waals surface area contributed by atoms with Gasteiger partial charge < -0.3 is 4.74 Å². The summed E-state index contributed by atoms with van der Waals surface area (Å²) in [4.78, 5) is 15.2. The van der Waals surface area contributed by atoms with Crippen molar-refractivity contribution in [2.24, 2.45) is 0 Å². The smallest absolute Gasteiger partial charge is 0.320 e. The van der Waals surface area contributed by atoms with Gasteiger partial charge in [-0.3, -0.25) is 15.1 Å². The minimum absolute atomic E-state index is 0.114. The van der Waals surface area contributed by atoms with E-state index >= 15 is 0 Å². The van der Waals surface area contributed by atoms with Crippen molar-refractivity contribution in [3.05, 3.63) is 77.2 Å². The molecule has 0 radical (unpaired) electrons. The molecule has 2 aromatic heterocycles. The van der Waals surface area contributed by atoms with Crippen LogP contribution >= 0.6 is 0 Å². The van der Waals surface area contributed by atoms with E-state index in [1.807, 2.05) is 6.07 Å². The molecule has 0 atom stereocenters. The molecule has 0 unspecified atom stereocenters. The third kappa shape index (κ3) is 2.76. The molecule has 25 heavy (non-hydrogen) atoms. The lowest BCUT2D eigenvalue weighted by atomic mass is 10.1. The Morgan fingerprint density at radius 1 is 1.08 bits per heavy atom. The van der Waals surface area contributed by atoms with E-state index < -0.39 is 4.92 Å². The SMILES string of the molecule is O=[N+]([O-])c1c(Oc2cccc(-n3ccnn3)c2)ccc2ncccc12. The molecule has 0 aliphatic rings. The molecule has 0 spiro atoms. The summed E-state index contributed by atoms with van der Waals surface area (Å²) in [5.41, 5.74) is 1.16. The molecule has 2 aromatic carbocycles. The maximum Gasteiger partial charge on any atom is 0.320 e. The van der Waals surface area contributed by atoms with E-state index in [2.05, 4.69) is 15.3 Å². The molecule has 0 fully saturated rings. The zero-order valence-corrected chi connectivity index (χ0v) is 12.8. The van der Waals surface area contributed by atoms with Gasteiger partial charge >= 0.3 is 5.69 Å². The number of rotatable bonds is 4. The molecular formula is C17H11N5O3. The van der Waals surface area contributed by atoms with Gasteiger partial charge in [0.1, 0.15) is 5.75 Å². The molecular weight excluding hydrogens is 322 g/mol. The first-order chi connectivity index (χ1) is 12.2. The summed E-state index contributed by atoms with van der Waals surface area (Å²) < 4.78 is 7.36. The Morgan fingerprint density at radius 2 is 2.00 bits per heavy atom. The van der Waals surface area contributed by atoms with E-state index in [-0.39, 0.29) is 11.4 Å².